The van der Waals surface area contributed by atoms with Crippen molar-refractivity contribution in [2.24, 2.45) is 0 Å². The standard InChI is InChI=1S/C27H24N2O6/c1-4-34-25-15-26-22(23(16-35-26)20-10-5-6-11-24(20)33-3)14-21(25)17(2)12-27(30)28-18-8-7-9-19(13-18)29(31)32/h5-16H,4H2,1-3H3,(H,28,30)/b17-12+. The third-order valence-electron chi connectivity index (χ3n) is 5.47. The summed E-state index contributed by atoms with van der Waals surface area (Å²) in [5.41, 5.74) is 4.01. The third kappa shape index (κ3) is 5.01. The maximum absolute atomic E-state index is 12.7. The number of allylic oxidation sites excluding steroid dienone is 1. The molecule has 0 radical (unpaired) electrons. The molecule has 3 aromatic carbocycles. The number of para-hydroxylation sites is 1. The number of hydrogen-bond donors (Lipinski definition) is 1. The predicted molar refractivity (Wildman–Crippen MR) is 135 cm³/mol. The number of nitrogens with one attached hydrogen (secondary N) is 1. The molecule has 35 heavy (non-hydrogen) atoms. The molecule has 0 fully saturated rings. The number of benzene rings is 3. The van der Waals surface area contributed by atoms with Crippen LogP contribution in [0.4, 0.5) is 11.4 Å². The summed E-state index contributed by atoms with van der Waals surface area (Å²) in [5, 5.41) is 14.5. The summed E-state index contributed by atoms with van der Waals surface area (Å²) in [4.78, 5) is 23.2. The second-order valence-corrected chi connectivity index (χ2v) is 7.75. The van der Waals surface area contributed by atoms with E-state index in [1.807, 2.05) is 43.3 Å². The van der Waals surface area contributed by atoms with Gasteiger partial charge in [-0.3, -0.25) is 14.9 Å². The Morgan fingerprint density at radius 1 is 1.09 bits per heavy atom. The summed E-state index contributed by atoms with van der Waals surface area (Å²) in [7, 11) is 1.62. The Hall–Kier alpha value is -4.59. The average Bonchev–Trinajstić information content (AvgIpc) is 3.26. The molecule has 4 rings (SSSR count). The molecule has 178 valence electrons. The number of non-ortho nitro benzene ring substituents is 1. The Kier molecular flexibility index (Phi) is 6.82. The van der Waals surface area contributed by atoms with Crippen molar-refractivity contribution in [2.75, 3.05) is 19.0 Å². The minimum atomic E-state index is -0.509. The number of fused-ring (bicyclic) bond motifs is 1. The van der Waals surface area contributed by atoms with Gasteiger partial charge in [-0.25, -0.2) is 0 Å². The van der Waals surface area contributed by atoms with Gasteiger partial charge in [0.15, 0.2) is 0 Å². The van der Waals surface area contributed by atoms with Gasteiger partial charge in [0.1, 0.15) is 17.1 Å². The van der Waals surface area contributed by atoms with Gasteiger partial charge in [0, 0.05) is 52.0 Å². The second-order valence-electron chi connectivity index (χ2n) is 7.75. The van der Waals surface area contributed by atoms with Gasteiger partial charge in [-0.15, -0.1) is 0 Å². The lowest BCUT2D eigenvalue weighted by molar-refractivity contribution is -0.384. The number of nitro groups is 1. The molecule has 0 aliphatic heterocycles. The van der Waals surface area contributed by atoms with E-state index in [4.69, 9.17) is 13.9 Å². The molecule has 0 aliphatic rings. The number of nitro benzene ring substituents is 1. The Morgan fingerprint density at radius 3 is 2.63 bits per heavy atom. The van der Waals surface area contributed by atoms with Crippen LogP contribution in [0.15, 0.2) is 77.4 Å². The quantitative estimate of drug-likeness (QED) is 0.179. The molecule has 0 atom stereocenters. The Bertz CT molecular complexity index is 1440. The molecule has 0 unspecified atom stereocenters. The number of carbonyl (C=O) groups is 1. The summed E-state index contributed by atoms with van der Waals surface area (Å²) < 4.78 is 17.2. The van der Waals surface area contributed by atoms with E-state index in [1.165, 1.54) is 24.3 Å². The van der Waals surface area contributed by atoms with Crippen LogP contribution in [0, 0.1) is 10.1 Å². The van der Waals surface area contributed by atoms with Crippen molar-refractivity contribution in [1.29, 1.82) is 0 Å². The van der Waals surface area contributed by atoms with Gasteiger partial charge in [-0.05, 0) is 37.6 Å². The summed E-state index contributed by atoms with van der Waals surface area (Å²) in [5.74, 6) is 0.884. The van der Waals surface area contributed by atoms with Crippen LogP contribution in [-0.2, 0) is 4.79 Å². The van der Waals surface area contributed by atoms with E-state index in [0.717, 1.165) is 22.1 Å². The molecule has 1 heterocycles. The SMILES string of the molecule is CCOc1cc2occ(-c3ccccc3OC)c2cc1/C(C)=C/C(=O)Nc1cccc([N+](=O)[O-])c1. The van der Waals surface area contributed by atoms with Crippen molar-refractivity contribution in [3.05, 3.63) is 88.7 Å². The molecule has 8 nitrogen and oxygen atoms in total. The molecular weight excluding hydrogens is 448 g/mol. The van der Waals surface area contributed by atoms with E-state index in [-0.39, 0.29) is 5.69 Å². The van der Waals surface area contributed by atoms with Gasteiger partial charge >= 0.3 is 0 Å². The van der Waals surface area contributed by atoms with Gasteiger partial charge in [0.05, 0.1) is 24.9 Å². The first kappa shape index (κ1) is 23.6. The van der Waals surface area contributed by atoms with E-state index < -0.39 is 10.8 Å². The van der Waals surface area contributed by atoms with Gasteiger partial charge in [0.25, 0.3) is 5.69 Å². The fourth-order valence-electron chi connectivity index (χ4n) is 3.86. The predicted octanol–water partition coefficient (Wildman–Crippen LogP) is 6.46. The lowest BCUT2D eigenvalue weighted by Gasteiger charge is -2.12. The van der Waals surface area contributed by atoms with Crippen LogP contribution in [0.25, 0.3) is 27.7 Å². The monoisotopic (exact) mass is 472 g/mol. The highest BCUT2D eigenvalue weighted by atomic mass is 16.6. The van der Waals surface area contributed by atoms with E-state index in [9.17, 15) is 14.9 Å². The van der Waals surface area contributed by atoms with Crippen molar-refractivity contribution in [3.8, 4) is 22.6 Å². The van der Waals surface area contributed by atoms with Gasteiger partial charge in [-0.2, -0.15) is 0 Å². The van der Waals surface area contributed by atoms with E-state index in [1.54, 1.807) is 26.4 Å². The maximum Gasteiger partial charge on any atom is 0.271 e. The lowest BCUT2D eigenvalue weighted by atomic mass is 9.98. The Morgan fingerprint density at radius 2 is 1.89 bits per heavy atom. The number of amides is 1. The molecule has 4 aromatic rings. The van der Waals surface area contributed by atoms with Gasteiger partial charge in [-0.1, -0.05) is 24.3 Å². The number of anilines is 1. The molecule has 1 amide bonds. The fraction of sp³-hybridized carbons (Fsp3) is 0.148. The second kappa shape index (κ2) is 10.1. The van der Waals surface area contributed by atoms with Crippen LogP contribution in [0.1, 0.15) is 19.4 Å². The smallest absolute Gasteiger partial charge is 0.271 e. The minimum absolute atomic E-state index is 0.101. The van der Waals surface area contributed by atoms with Crippen molar-refractivity contribution in [1.82, 2.24) is 0 Å². The number of ether oxygens (including phenoxy) is 2. The van der Waals surface area contributed by atoms with Crippen LogP contribution in [0.5, 0.6) is 11.5 Å². The number of furan rings is 1. The van der Waals surface area contributed by atoms with Crippen LogP contribution < -0.4 is 14.8 Å². The molecule has 1 aromatic heterocycles. The van der Waals surface area contributed by atoms with Crippen LogP contribution in [-0.4, -0.2) is 24.5 Å². The fourth-order valence-corrected chi connectivity index (χ4v) is 3.86. The van der Waals surface area contributed by atoms with Gasteiger partial charge < -0.3 is 19.2 Å². The molecule has 1 N–H and O–H groups in total. The number of carbonyl (C=O) groups excluding carboxylic acids is 1. The maximum atomic E-state index is 12.7. The number of methoxy groups -OCH3 is 1. The molecule has 0 bridgehead atoms. The largest absolute Gasteiger partial charge is 0.496 e. The van der Waals surface area contributed by atoms with E-state index in [2.05, 4.69) is 5.32 Å². The summed E-state index contributed by atoms with van der Waals surface area (Å²) >= 11 is 0. The first-order chi connectivity index (χ1) is 16.9. The summed E-state index contributed by atoms with van der Waals surface area (Å²) in [6.07, 6.45) is 3.11. The molecule has 0 spiro atoms. The highest BCUT2D eigenvalue weighted by molar-refractivity contribution is 6.05. The van der Waals surface area contributed by atoms with Crippen LogP contribution >= 0.6 is 0 Å². The van der Waals surface area contributed by atoms with Crippen molar-refractivity contribution in [2.45, 2.75) is 13.8 Å². The van der Waals surface area contributed by atoms with Crippen LogP contribution in [0.2, 0.25) is 0 Å². The van der Waals surface area contributed by atoms with E-state index in [0.29, 0.717) is 34.9 Å². The van der Waals surface area contributed by atoms with Crippen molar-refractivity contribution >= 4 is 33.8 Å². The van der Waals surface area contributed by atoms with Crippen molar-refractivity contribution in [3.63, 3.8) is 0 Å². The summed E-state index contributed by atoms with van der Waals surface area (Å²) in [6, 6.07) is 17.2. The Labute approximate surface area is 201 Å². The molecular formula is C27H24N2O6. The minimum Gasteiger partial charge on any atom is -0.496 e. The molecule has 0 saturated carbocycles. The molecule has 0 saturated heterocycles. The van der Waals surface area contributed by atoms with Crippen LogP contribution in [0.3, 0.4) is 0 Å². The highest BCUT2D eigenvalue weighted by Crippen LogP contribution is 2.40. The third-order valence-corrected chi connectivity index (χ3v) is 5.47. The lowest BCUT2D eigenvalue weighted by Crippen LogP contribution is -2.09. The number of hydrogen-bond acceptors (Lipinski definition) is 6. The topological polar surface area (TPSA) is 104 Å². The average molecular weight is 472 g/mol. The first-order valence-corrected chi connectivity index (χ1v) is 11.0. The van der Waals surface area contributed by atoms with Crippen molar-refractivity contribution < 1.29 is 23.6 Å². The number of rotatable bonds is 8. The highest BCUT2D eigenvalue weighted by Gasteiger charge is 2.17. The van der Waals surface area contributed by atoms with E-state index >= 15 is 0 Å². The zero-order chi connectivity index (χ0) is 24.9. The number of nitrogens with zero attached hydrogens (tertiary/aromatic N) is 1. The Balaban J connectivity index is 1.73. The molecule has 8 heteroatoms. The zero-order valence-corrected chi connectivity index (χ0v) is 19.5. The molecule has 0 aliphatic carbocycles. The summed E-state index contributed by atoms with van der Waals surface area (Å²) in [6.45, 7) is 4.12. The zero-order valence-electron chi connectivity index (χ0n) is 19.5. The normalized spacial score (nSPS) is 11.3. The first-order valence-electron chi connectivity index (χ1n) is 11.0. The van der Waals surface area contributed by atoms with Gasteiger partial charge in [0.2, 0.25) is 5.91 Å².